The van der Waals surface area contributed by atoms with Crippen LogP contribution in [0.25, 0.3) is 0 Å². The van der Waals surface area contributed by atoms with Gasteiger partial charge in [-0.25, -0.2) is 0 Å². The van der Waals surface area contributed by atoms with E-state index < -0.39 is 0 Å². The first-order valence-electron chi connectivity index (χ1n) is 5.23. The number of hydrogen-bond donors (Lipinski definition) is 1. The second-order valence-electron chi connectivity index (χ2n) is 4.57. The molecule has 0 aliphatic heterocycles. The van der Waals surface area contributed by atoms with Crippen molar-refractivity contribution in [3.05, 3.63) is 18.0 Å². The molecule has 0 radical (unpaired) electrons. The van der Waals surface area contributed by atoms with Crippen molar-refractivity contribution in [2.75, 3.05) is 6.54 Å². The summed E-state index contributed by atoms with van der Waals surface area (Å²) >= 11 is 0. The topological polar surface area (TPSA) is 29.9 Å². The van der Waals surface area contributed by atoms with Gasteiger partial charge < -0.3 is 5.32 Å². The number of rotatable bonds is 5. The van der Waals surface area contributed by atoms with Gasteiger partial charge in [-0.05, 0) is 17.9 Å². The quantitative estimate of drug-likeness (QED) is 0.778. The largest absolute Gasteiger partial charge is 0.311 e. The van der Waals surface area contributed by atoms with Crippen LogP contribution in [0.1, 0.15) is 32.9 Å². The standard InChI is InChI=1S/C11H21N3/c1-5-11(2,3)9-12-8-10-6-7-13-14(10)4/h6-7,12H,5,8-9H2,1-4H3. The Morgan fingerprint density at radius 3 is 2.71 bits per heavy atom. The van der Waals surface area contributed by atoms with E-state index in [0.717, 1.165) is 13.1 Å². The lowest BCUT2D eigenvalue weighted by molar-refractivity contribution is 0.326. The number of nitrogens with zero attached hydrogens (tertiary/aromatic N) is 2. The Balaban J connectivity index is 2.32. The van der Waals surface area contributed by atoms with Crippen LogP contribution in [0, 0.1) is 5.41 Å². The van der Waals surface area contributed by atoms with Gasteiger partial charge in [0.15, 0.2) is 0 Å². The monoisotopic (exact) mass is 195 g/mol. The first-order valence-corrected chi connectivity index (χ1v) is 5.23. The van der Waals surface area contributed by atoms with Gasteiger partial charge in [0.2, 0.25) is 0 Å². The highest BCUT2D eigenvalue weighted by Gasteiger charge is 2.13. The fraction of sp³-hybridized carbons (Fsp3) is 0.727. The summed E-state index contributed by atoms with van der Waals surface area (Å²) in [7, 11) is 1.97. The summed E-state index contributed by atoms with van der Waals surface area (Å²) in [6, 6.07) is 2.05. The van der Waals surface area contributed by atoms with E-state index in [1.165, 1.54) is 12.1 Å². The third-order valence-corrected chi connectivity index (χ3v) is 2.79. The van der Waals surface area contributed by atoms with Crippen molar-refractivity contribution in [3.63, 3.8) is 0 Å². The van der Waals surface area contributed by atoms with Gasteiger partial charge >= 0.3 is 0 Å². The zero-order valence-electron chi connectivity index (χ0n) is 9.67. The minimum atomic E-state index is 0.387. The molecule has 0 saturated carbocycles. The van der Waals surface area contributed by atoms with Crippen LogP contribution >= 0.6 is 0 Å². The highest BCUT2D eigenvalue weighted by Crippen LogP contribution is 2.17. The van der Waals surface area contributed by atoms with Gasteiger partial charge in [0, 0.05) is 26.3 Å². The van der Waals surface area contributed by atoms with Crippen LogP contribution in [-0.4, -0.2) is 16.3 Å². The van der Waals surface area contributed by atoms with Gasteiger partial charge in [-0.2, -0.15) is 5.10 Å². The van der Waals surface area contributed by atoms with Crippen LogP contribution in [0.5, 0.6) is 0 Å². The average Bonchev–Trinajstić information content (AvgIpc) is 2.52. The Labute approximate surface area is 86.5 Å². The number of hydrogen-bond acceptors (Lipinski definition) is 2. The molecular weight excluding hydrogens is 174 g/mol. The molecular formula is C11H21N3. The molecule has 0 aliphatic rings. The van der Waals surface area contributed by atoms with Crippen LogP contribution in [0.15, 0.2) is 12.3 Å². The first-order chi connectivity index (χ1) is 6.55. The molecule has 3 nitrogen and oxygen atoms in total. The summed E-state index contributed by atoms with van der Waals surface area (Å²) in [5, 5.41) is 7.59. The molecule has 1 N–H and O–H groups in total. The van der Waals surface area contributed by atoms with Crippen molar-refractivity contribution in [2.24, 2.45) is 12.5 Å². The molecule has 0 unspecified atom stereocenters. The van der Waals surface area contributed by atoms with Crippen molar-refractivity contribution in [1.29, 1.82) is 0 Å². The molecule has 14 heavy (non-hydrogen) atoms. The van der Waals surface area contributed by atoms with E-state index in [2.05, 4.69) is 31.2 Å². The maximum absolute atomic E-state index is 4.13. The van der Waals surface area contributed by atoms with Crippen molar-refractivity contribution in [1.82, 2.24) is 15.1 Å². The molecule has 1 aromatic heterocycles. The van der Waals surface area contributed by atoms with Crippen molar-refractivity contribution in [2.45, 2.75) is 33.7 Å². The van der Waals surface area contributed by atoms with Crippen LogP contribution < -0.4 is 5.32 Å². The molecule has 1 aromatic rings. The molecule has 3 heteroatoms. The maximum Gasteiger partial charge on any atom is 0.0518 e. The Morgan fingerprint density at radius 1 is 1.50 bits per heavy atom. The van der Waals surface area contributed by atoms with Gasteiger partial charge in [-0.15, -0.1) is 0 Å². The summed E-state index contributed by atoms with van der Waals surface area (Å²) in [6.07, 6.45) is 3.04. The maximum atomic E-state index is 4.13. The zero-order chi connectivity index (χ0) is 10.6. The molecule has 1 heterocycles. The van der Waals surface area contributed by atoms with E-state index in [0.29, 0.717) is 5.41 Å². The lowest BCUT2D eigenvalue weighted by Crippen LogP contribution is -2.29. The van der Waals surface area contributed by atoms with Crippen molar-refractivity contribution >= 4 is 0 Å². The lowest BCUT2D eigenvalue weighted by Gasteiger charge is -2.22. The van der Waals surface area contributed by atoms with E-state index >= 15 is 0 Å². The van der Waals surface area contributed by atoms with Gasteiger partial charge in [0.1, 0.15) is 0 Å². The second-order valence-corrected chi connectivity index (χ2v) is 4.57. The summed E-state index contributed by atoms with van der Waals surface area (Å²) in [5.74, 6) is 0. The van der Waals surface area contributed by atoms with Gasteiger partial charge in [-0.1, -0.05) is 20.8 Å². The number of aryl methyl sites for hydroxylation is 1. The third-order valence-electron chi connectivity index (χ3n) is 2.79. The zero-order valence-corrected chi connectivity index (χ0v) is 9.67. The van der Waals surface area contributed by atoms with E-state index in [1.807, 2.05) is 24.0 Å². The molecule has 0 atom stereocenters. The molecule has 1 rings (SSSR count). The van der Waals surface area contributed by atoms with Crippen LogP contribution in [0.4, 0.5) is 0 Å². The van der Waals surface area contributed by atoms with Crippen LogP contribution in [-0.2, 0) is 13.6 Å². The molecule has 0 bridgehead atoms. The predicted molar refractivity (Wildman–Crippen MR) is 59.0 cm³/mol. The van der Waals surface area contributed by atoms with E-state index in [-0.39, 0.29) is 0 Å². The van der Waals surface area contributed by atoms with Gasteiger partial charge in [0.05, 0.1) is 5.69 Å². The van der Waals surface area contributed by atoms with Crippen LogP contribution in [0.2, 0.25) is 0 Å². The summed E-state index contributed by atoms with van der Waals surface area (Å²) < 4.78 is 1.91. The predicted octanol–water partition coefficient (Wildman–Crippen LogP) is 1.95. The Hall–Kier alpha value is -0.830. The van der Waals surface area contributed by atoms with E-state index in [1.54, 1.807) is 0 Å². The molecule has 0 spiro atoms. The summed E-state index contributed by atoms with van der Waals surface area (Å²) in [5.41, 5.74) is 1.62. The number of nitrogens with one attached hydrogen (secondary N) is 1. The molecule has 0 saturated heterocycles. The van der Waals surface area contributed by atoms with Crippen molar-refractivity contribution < 1.29 is 0 Å². The Bertz CT molecular complexity index is 276. The molecule has 0 aliphatic carbocycles. The average molecular weight is 195 g/mol. The smallest absolute Gasteiger partial charge is 0.0518 e. The fourth-order valence-corrected chi connectivity index (χ4v) is 1.23. The first kappa shape index (κ1) is 11.2. The highest BCUT2D eigenvalue weighted by atomic mass is 15.3. The summed E-state index contributed by atoms with van der Waals surface area (Å²) in [4.78, 5) is 0. The minimum Gasteiger partial charge on any atom is -0.311 e. The Kier molecular flexibility index (Phi) is 3.69. The van der Waals surface area contributed by atoms with Crippen LogP contribution in [0.3, 0.4) is 0 Å². The molecule has 0 amide bonds. The Morgan fingerprint density at radius 2 is 2.21 bits per heavy atom. The molecule has 0 fully saturated rings. The summed E-state index contributed by atoms with van der Waals surface area (Å²) in [6.45, 7) is 8.74. The van der Waals surface area contributed by atoms with E-state index in [4.69, 9.17) is 0 Å². The normalized spacial score (nSPS) is 12.0. The van der Waals surface area contributed by atoms with E-state index in [9.17, 15) is 0 Å². The molecule has 0 aromatic carbocycles. The van der Waals surface area contributed by atoms with Gasteiger partial charge in [-0.3, -0.25) is 4.68 Å². The minimum absolute atomic E-state index is 0.387. The lowest BCUT2D eigenvalue weighted by atomic mass is 9.90. The van der Waals surface area contributed by atoms with Crippen molar-refractivity contribution in [3.8, 4) is 0 Å². The second kappa shape index (κ2) is 4.60. The van der Waals surface area contributed by atoms with Gasteiger partial charge in [0.25, 0.3) is 0 Å². The fourth-order valence-electron chi connectivity index (χ4n) is 1.23. The number of aromatic nitrogens is 2. The highest BCUT2D eigenvalue weighted by molar-refractivity contribution is 4.99. The molecule has 80 valence electrons. The SMILES string of the molecule is CCC(C)(C)CNCc1ccnn1C. The third kappa shape index (κ3) is 3.14.